The van der Waals surface area contributed by atoms with Crippen LogP contribution in [-0.4, -0.2) is 38.4 Å². The standard InChI is InChI=1S/C14H19NO4/c1-18-12-7-13(19-2)11(14(16)17)6-10(12)9-4-3-5-15-8-9/h6-7,9,15H,3-5,8H2,1-2H3,(H,16,17). The lowest BCUT2D eigenvalue weighted by Crippen LogP contribution is -2.28. The average Bonchev–Trinajstić information content (AvgIpc) is 2.46. The Morgan fingerprint density at radius 3 is 2.58 bits per heavy atom. The van der Waals surface area contributed by atoms with Crippen molar-refractivity contribution in [2.75, 3.05) is 27.3 Å². The molecular weight excluding hydrogens is 246 g/mol. The van der Waals surface area contributed by atoms with Crippen molar-refractivity contribution < 1.29 is 19.4 Å². The minimum absolute atomic E-state index is 0.184. The Bertz CT molecular complexity index is 467. The number of aromatic carboxylic acids is 1. The molecule has 5 heteroatoms. The number of ether oxygens (including phenoxy) is 2. The second-order valence-electron chi connectivity index (χ2n) is 4.64. The number of methoxy groups -OCH3 is 2. The van der Waals surface area contributed by atoms with Gasteiger partial charge in [0.1, 0.15) is 17.1 Å². The van der Waals surface area contributed by atoms with Crippen LogP contribution in [0.3, 0.4) is 0 Å². The van der Waals surface area contributed by atoms with Gasteiger partial charge in [-0.15, -0.1) is 0 Å². The fourth-order valence-electron chi connectivity index (χ4n) is 2.53. The molecule has 0 bridgehead atoms. The second-order valence-corrected chi connectivity index (χ2v) is 4.64. The first-order chi connectivity index (χ1) is 9.17. The van der Waals surface area contributed by atoms with Gasteiger partial charge in [-0.1, -0.05) is 0 Å². The van der Waals surface area contributed by atoms with Gasteiger partial charge in [0.25, 0.3) is 0 Å². The van der Waals surface area contributed by atoms with E-state index < -0.39 is 5.97 Å². The quantitative estimate of drug-likeness (QED) is 0.870. The van der Waals surface area contributed by atoms with Crippen molar-refractivity contribution >= 4 is 5.97 Å². The van der Waals surface area contributed by atoms with Gasteiger partial charge < -0.3 is 19.9 Å². The van der Waals surface area contributed by atoms with Crippen LogP contribution in [0.15, 0.2) is 12.1 Å². The van der Waals surface area contributed by atoms with Crippen LogP contribution in [0.4, 0.5) is 0 Å². The third-order valence-corrected chi connectivity index (χ3v) is 3.52. The maximum Gasteiger partial charge on any atom is 0.339 e. The Morgan fingerprint density at radius 1 is 1.32 bits per heavy atom. The summed E-state index contributed by atoms with van der Waals surface area (Å²) in [6, 6.07) is 3.34. The summed E-state index contributed by atoms with van der Waals surface area (Å²) in [5.41, 5.74) is 1.12. The van der Waals surface area contributed by atoms with E-state index in [2.05, 4.69) is 5.32 Å². The maximum absolute atomic E-state index is 11.3. The highest BCUT2D eigenvalue weighted by atomic mass is 16.5. The zero-order valence-electron chi connectivity index (χ0n) is 11.2. The molecule has 1 aliphatic rings. The number of rotatable bonds is 4. The molecule has 0 radical (unpaired) electrons. The molecule has 0 saturated carbocycles. The predicted molar refractivity (Wildman–Crippen MR) is 71.4 cm³/mol. The molecular formula is C14H19NO4. The molecule has 1 aromatic carbocycles. The zero-order chi connectivity index (χ0) is 13.8. The minimum atomic E-state index is -0.982. The number of carboxylic acid groups (broad SMARTS) is 1. The number of carboxylic acids is 1. The van der Waals surface area contributed by atoms with Gasteiger partial charge in [-0.3, -0.25) is 0 Å². The Balaban J connectivity index is 2.45. The van der Waals surface area contributed by atoms with Crippen LogP contribution in [0.2, 0.25) is 0 Å². The summed E-state index contributed by atoms with van der Waals surface area (Å²) in [4.78, 5) is 11.3. The predicted octanol–water partition coefficient (Wildman–Crippen LogP) is 1.87. The van der Waals surface area contributed by atoms with Gasteiger partial charge in [0.2, 0.25) is 0 Å². The van der Waals surface area contributed by atoms with Crippen LogP contribution in [0.1, 0.15) is 34.7 Å². The van der Waals surface area contributed by atoms with Crippen molar-refractivity contribution in [3.05, 3.63) is 23.3 Å². The molecule has 1 aromatic rings. The summed E-state index contributed by atoms with van der Waals surface area (Å²) in [5.74, 6) is 0.324. The van der Waals surface area contributed by atoms with Crippen LogP contribution in [0.25, 0.3) is 0 Å². The summed E-state index contributed by atoms with van der Waals surface area (Å²) < 4.78 is 10.5. The first kappa shape index (κ1) is 13.7. The van der Waals surface area contributed by atoms with E-state index in [-0.39, 0.29) is 11.5 Å². The van der Waals surface area contributed by atoms with Gasteiger partial charge in [-0.2, -0.15) is 0 Å². The molecule has 104 valence electrons. The van der Waals surface area contributed by atoms with E-state index in [4.69, 9.17) is 9.47 Å². The lowest BCUT2D eigenvalue weighted by atomic mass is 9.89. The summed E-state index contributed by atoms with van der Waals surface area (Å²) in [6.45, 7) is 1.86. The molecule has 1 unspecified atom stereocenters. The van der Waals surface area contributed by atoms with Crippen molar-refractivity contribution in [1.29, 1.82) is 0 Å². The Labute approximate surface area is 112 Å². The second kappa shape index (κ2) is 5.93. The highest BCUT2D eigenvalue weighted by molar-refractivity contribution is 5.91. The van der Waals surface area contributed by atoms with Crippen LogP contribution >= 0.6 is 0 Å². The summed E-state index contributed by atoms with van der Waals surface area (Å²) in [6.07, 6.45) is 2.12. The van der Waals surface area contributed by atoms with Crippen molar-refractivity contribution in [2.45, 2.75) is 18.8 Å². The van der Waals surface area contributed by atoms with Gasteiger partial charge in [-0.05, 0) is 31.0 Å². The topological polar surface area (TPSA) is 67.8 Å². The summed E-state index contributed by atoms with van der Waals surface area (Å²) in [5, 5.41) is 12.6. The molecule has 2 rings (SSSR count). The molecule has 0 aliphatic carbocycles. The van der Waals surface area contributed by atoms with E-state index >= 15 is 0 Å². The monoisotopic (exact) mass is 265 g/mol. The SMILES string of the molecule is COc1cc(OC)c(C2CCCNC2)cc1C(=O)O. The number of hydrogen-bond acceptors (Lipinski definition) is 4. The number of piperidine rings is 1. The molecule has 19 heavy (non-hydrogen) atoms. The maximum atomic E-state index is 11.3. The molecule has 1 atom stereocenters. The molecule has 1 fully saturated rings. The Hall–Kier alpha value is -1.75. The first-order valence-electron chi connectivity index (χ1n) is 6.37. The normalized spacial score (nSPS) is 18.9. The third kappa shape index (κ3) is 2.81. The number of benzene rings is 1. The van der Waals surface area contributed by atoms with Gasteiger partial charge in [0.15, 0.2) is 0 Å². The highest BCUT2D eigenvalue weighted by Crippen LogP contribution is 2.36. The van der Waals surface area contributed by atoms with E-state index in [1.165, 1.54) is 7.11 Å². The molecule has 5 nitrogen and oxygen atoms in total. The van der Waals surface area contributed by atoms with Crippen molar-refractivity contribution in [3.8, 4) is 11.5 Å². The van der Waals surface area contributed by atoms with Gasteiger partial charge in [0, 0.05) is 18.5 Å². The Kier molecular flexibility index (Phi) is 4.27. The summed E-state index contributed by atoms with van der Waals surface area (Å²) >= 11 is 0. The molecule has 2 N–H and O–H groups in total. The van der Waals surface area contributed by atoms with Crippen LogP contribution < -0.4 is 14.8 Å². The molecule has 0 spiro atoms. The zero-order valence-corrected chi connectivity index (χ0v) is 11.2. The largest absolute Gasteiger partial charge is 0.496 e. The van der Waals surface area contributed by atoms with Crippen molar-refractivity contribution in [2.24, 2.45) is 0 Å². The molecule has 1 saturated heterocycles. The number of nitrogens with one attached hydrogen (secondary N) is 1. The molecule has 0 amide bonds. The molecule has 1 heterocycles. The van der Waals surface area contributed by atoms with Gasteiger partial charge in [-0.25, -0.2) is 4.79 Å². The number of hydrogen-bond donors (Lipinski definition) is 2. The lowest BCUT2D eigenvalue weighted by molar-refractivity contribution is 0.0693. The van der Waals surface area contributed by atoms with Crippen LogP contribution in [0, 0.1) is 0 Å². The van der Waals surface area contributed by atoms with E-state index in [0.29, 0.717) is 11.5 Å². The van der Waals surface area contributed by atoms with Crippen molar-refractivity contribution in [3.63, 3.8) is 0 Å². The van der Waals surface area contributed by atoms with E-state index in [0.717, 1.165) is 31.5 Å². The van der Waals surface area contributed by atoms with Gasteiger partial charge >= 0.3 is 5.97 Å². The third-order valence-electron chi connectivity index (χ3n) is 3.52. The van der Waals surface area contributed by atoms with E-state index in [9.17, 15) is 9.90 Å². The minimum Gasteiger partial charge on any atom is -0.496 e. The first-order valence-corrected chi connectivity index (χ1v) is 6.37. The fraction of sp³-hybridized carbons (Fsp3) is 0.500. The lowest BCUT2D eigenvalue weighted by Gasteiger charge is -2.25. The highest BCUT2D eigenvalue weighted by Gasteiger charge is 2.23. The number of carbonyl (C=O) groups is 1. The van der Waals surface area contributed by atoms with E-state index in [1.807, 2.05) is 0 Å². The summed E-state index contributed by atoms with van der Waals surface area (Å²) in [7, 11) is 3.05. The van der Waals surface area contributed by atoms with Gasteiger partial charge in [0.05, 0.1) is 14.2 Å². The van der Waals surface area contributed by atoms with Crippen molar-refractivity contribution in [1.82, 2.24) is 5.32 Å². The van der Waals surface area contributed by atoms with E-state index in [1.54, 1.807) is 19.2 Å². The van der Waals surface area contributed by atoms with Crippen LogP contribution in [-0.2, 0) is 0 Å². The average molecular weight is 265 g/mol. The molecule has 1 aliphatic heterocycles. The Morgan fingerprint density at radius 2 is 2.05 bits per heavy atom. The molecule has 0 aromatic heterocycles. The fourth-order valence-corrected chi connectivity index (χ4v) is 2.53. The van der Waals surface area contributed by atoms with Crippen LogP contribution in [0.5, 0.6) is 11.5 Å². The smallest absolute Gasteiger partial charge is 0.339 e.